The minimum Gasteiger partial charge on any atom is -0.494 e. The van der Waals surface area contributed by atoms with E-state index in [9.17, 15) is 0 Å². The van der Waals surface area contributed by atoms with Crippen LogP contribution in [0.15, 0.2) is 66.7 Å². The minimum absolute atomic E-state index is 0.698. The van der Waals surface area contributed by atoms with Crippen molar-refractivity contribution in [2.75, 3.05) is 6.61 Å². The van der Waals surface area contributed by atoms with Crippen LogP contribution in [0.3, 0.4) is 0 Å². The second kappa shape index (κ2) is 8.43. The minimum atomic E-state index is 0.698. The molecule has 0 aliphatic carbocycles. The second-order valence-corrected chi connectivity index (χ2v) is 7.32. The Hall–Kier alpha value is -2.87. The first-order valence-electron chi connectivity index (χ1n) is 10.3. The highest BCUT2D eigenvalue weighted by Gasteiger charge is 2.24. The SMILES string of the molecule is CCOc1ccc([N+]2=CCc3cc(CCc4ccc(CC)cc4)ccc32)cc1. The van der Waals surface area contributed by atoms with Gasteiger partial charge in [0.25, 0.3) is 0 Å². The van der Waals surface area contributed by atoms with E-state index in [1.165, 1.54) is 33.6 Å². The van der Waals surface area contributed by atoms with E-state index in [2.05, 4.69) is 72.3 Å². The molecule has 4 rings (SSSR count). The highest BCUT2D eigenvalue weighted by Crippen LogP contribution is 2.30. The zero-order valence-corrected chi connectivity index (χ0v) is 16.8. The van der Waals surface area contributed by atoms with Crippen LogP contribution in [-0.4, -0.2) is 12.8 Å². The maximum atomic E-state index is 5.56. The summed E-state index contributed by atoms with van der Waals surface area (Å²) in [6, 6.07) is 24.3. The summed E-state index contributed by atoms with van der Waals surface area (Å²) in [7, 11) is 0. The van der Waals surface area contributed by atoms with E-state index in [4.69, 9.17) is 4.74 Å². The monoisotopic (exact) mass is 370 g/mol. The maximum absolute atomic E-state index is 5.56. The van der Waals surface area contributed by atoms with Gasteiger partial charge in [-0.05, 0) is 61.1 Å². The number of nitrogens with zero attached hydrogens (tertiary/aromatic N) is 1. The van der Waals surface area contributed by atoms with Crippen molar-refractivity contribution < 1.29 is 4.74 Å². The van der Waals surface area contributed by atoms with Crippen LogP contribution in [0, 0.1) is 0 Å². The molecule has 3 aromatic rings. The molecule has 0 N–H and O–H groups in total. The van der Waals surface area contributed by atoms with Crippen molar-refractivity contribution in [3.63, 3.8) is 0 Å². The van der Waals surface area contributed by atoms with Crippen LogP contribution in [0.1, 0.15) is 36.1 Å². The molecule has 0 saturated heterocycles. The first kappa shape index (κ1) is 18.5. The number of hydrogen-bond donors (Lipinski definition) is 0. The average molecular weight is 371 g/mol. The highest BCUT2D eigenvalue weighted by molar-refractivity contribution is 5.81. The average Bonchev–Trinajstić information content (AvgIpc) is 3.17. The van der Waals surface area contributed by atoms with Crippen LogP contribution in [0.25, 0.3) is 0 Å². The Labute approximate surface area is 168 Å². The second-order valence-electron chi connectivity index (χ2n) is 7.32. The van der Waals surface area contributed by atoms with E-state index in [-0.39, 0.29) is 0 Å². The van der Waals surface area contributed by atoms with Crippen molar-refractivity contribution in [1.29, 1.82) is 0 Å². The molecule has 2 heteroatoms. The molecule has 0 radical (unpaired) electrons. The summed E-state index contributed by atoms with van der Waals surface area (Å²) in [5, 5.41) is 0. The third kappa shape index (κ3) is 4.01. The predicted molar refractivity (Wildman–Crippen MR) is 119 cm³/mol. The van der Waals surface area contributed by atoms with Gasteiger partial charge in [0.2, 0.25) is 11.4 Å². The lowest BCUT2D eigenvalue weighted by atomic mass is 10.0. The van der Waals surface area contributed by atoms with Crippen molar-refractivity contribution in [3.05, 3.63) is 89.0 Å². The van der Waals surface area contributed by atoms with E-state index >= 15 is 0 Å². The van der Waals surface area contributed by atoms with Crippen LogP contribution >= 0.6 is 0 Å². The number of fused-ring (bicyclic) bond motifs is 1. The van der Waals surface area contributed by atoms with Gasteiger partial charge in [0.05, 0.1) is 13.0 Å². The fourth-order valence-electron chi connectivity index (χ4n) is 3.83. The van der Waals surface area contributed by atoms with Gasteiger partial charge in [-0.1, -0.05) is 37.3 Å². The molecule has 0 saturated carbocycles. The molecule has 0 atom stereocenters. The molecule has 28 heavy (non-hydrogen) atoms. The summed E-state index contributed by atoms with van der Waals surface area (Å²) in [4.78, 5) is 0. The largest absolute Gasteiger partial charge is 0.494 e. The molecular weight excluding hydrogens is 342 g/mol. The lowest BCUT2D eigenvalue weighted by Crippen LogP contribution is -2.01. The molecule has 0 bridgehead atoms. The third-order valence-electron chi connectivity index (χ3n) is 5.46. The van der Waals surface area contributed by atoms with Gasteiger partial charge in [0.15, 0.2) is 6.21 Å². The molecule has 1 aliphatic rings. The maximum Gasteiger partial charge on any atom is 0.214 e. The molecule has 0 aromatic heterocycles. The summed E-state index contributed by atoms with van der Waals surface area (Å²) in [6.07, 6.45) is 6.54. The van der Waals surface area contributed by atoms with Gasteiger partial charge in [-0.3, -0.25) is 0 Å². The summed E-state index contributed by atoms with van der Waals surface area (Å²) in [5.41, 5.74) is 8.13. The Morgan fingerprint density at radius 1 is 0.786 bits per heavy atom. The Morgan fingerprint density at radius 3 is 2.18 bits per heavy atom. The van der Waals surface area contributed by atoms with Crippen molar-refractivity contribution >= 4 is 17.6 Å². The molecule has 3 aromatic carbocycles. The first-order chi connectivity index (χ1) is 13.8. The van der Waals surface area contributed by atoms with Gasteiger partial charge in [0.1, 0.15) is 5.75 Å². The normalized spacial score (nSPS) is 12.6. The van der Waals surface area contributed by atoms with Crippen LogP contribution in [0.2, 0.25) is 0 Å². The van der Waals surface area contributed by atoms with Crippen LogP contribution in [0.5, 0.6) is 5.75 Å². The number of rotatable bonds is 7. The zero-order valence-electron chi connectivity index (χ0n) is 16.8. The fraction of sp³-hybridized carbons (Fsp3) is 0.269. The van der Waals surface area contributed by atoms with Crippen LogP contribution in [0.4, 0.5) is 11.4 Å². The highest BCUT2D eigenvalue weighted by atomic mass is 16.5. The third-order valence-corrected chi connectivity index (χ3v) is 5.46. The van der Waals surface area contributed by atoms with E-state index in [1.807, 2.05) is 19.1 Å². The van der Waals surface area contributed by atoms with E-state index in [0.29, 0.717) is 6.61 Å². The number of benzene rings is 3. The van der Waals surface area contributed by atoms with Gasteiger partial charge in [-0.15, -0.1) is 0 Å². The molecule has 2 nitrogen and oxygen atoms in total. The van der Waals surface area contributed by atoms with Gasteiger partial charge < -0.3 is 4.74 Å². The Balaban J connectivity index is 1.44. The van der Waals surface area contributed by atoms with Gasteiger partial charge >= 0.3 is 0 Å². The molecule has 0 spiro atoms. The van der Waals surface area contributed by atoms with Crippen molar-refractivity contribution in [1.82, 2.24) is 4.58 Å². The van der Waals surface area contributed by atoms with Gasteiger partial charge in [-0.2, -0.15) is 4.58 Å². The first-order valence-corrected chi connectivity index (χ1v) is 10.3. The summed E-state index contributed by atoms with van der Waals surface area (Å²) in [6.45, 7) is 4.91. The number of aryl methyl sites for hydroxylation is 3. The van der Waals surface area contributed by atoms with Crippen LogP contribution in [-0.2, 0) is 25.7 Å². The smallest absolute Gasteiger partial charge is 0.214 e. The molecule has 0 fully saturated rings. The van der Waals surface area contributed by atoms with Gasteiger partial charge in [-0.25, -0.2) is 0 Å². The molecule has 142 valence electrons. The number of ether oxygens (including phenoxy) is 1. The quantitative estimate of drug-likeness (QED) is 0.472. The molecule has 1 aliphatic heterocycles. The van der Waals surface area contributed by atoms with E-state index in [1.54, 1.807) is 0 Å². The summed E-state index contributed by atoms with van der Waals surface area (Å²) in [5.74, 6) is 0.924. The fourth-order valence-corrected chi connectivity index (χ4v) is 3.83. The van der Waals surface area contributed by atoms with Crippen LogP contribution < -0.4 is 9.31 Å². The molecule has 0 unspecified atom stereocenters. The van der Waals surface area contributed by atoms with Crippen molar-refractivity contribution in [3.8, 4) is 5.75 Å². The standard InChI is InChI=1S/C26H28NO/c1-3-20-5-7-21(8-6-20)9-10-22-11-16-26-23(19-22)17-18-27(26)24-12-14-25(15-13-24)28-4-2/h5-8,11-16,18-19H,3-4,9-10,17H2,1-2H3/q+1. The zero-order chi connectivity index (χ0) is 19.3. The van der Waals surface area contributed by atoms with Crippen molar-refractivity contribution in [2.24, 2.45) is 0 Å². The topological polar surface area (TPSA) is 12.2 Å². The van der Waals surface area contributed by atoms with E-state index in [0.717, 1.165) is 31.4 Å². The Kier molecular flexibility index (Phi) is 5.57. The predicted octanol–water partition coefficient (Wildman–Crippen LogP) is 5.89. The molecule has 1 heterocycles. The van der Waals surface area contributed by atoms with Gasteiger partial charge in [0, 0.05) is 23.8 Å². The van der Waals surface area contributed by atoms with E-state index < -0.39 is 0 Å². The van der Waals surface area contributed by atoms with Crippen molar-refractivity contribution in [2.45, 2.75) is 39.5 Å². The Bertz CT molecular complexity index is 968. The molecular formula is C26H28NO+. The molecule has 0 amide bonds. The number of hydrogen-bond acceptors (Lipinski definition) is 1. The lowest BCUT2D eigenvalue weighted by molar-refractivity contribution is 0.340. The Morgan fingerprint density at radius 2 is 1.46 bits per heavy atom. The lowest BCUT2D eigenvalue weighted by Gasteiger charge is -2.06. The summed E-state index contributed by atoms with van der Waals surface area (Å²) < 4.78 is 7.85. The summed E-state index contributed by atoms with van der Waals surface area (Å²) >= 11 is 0.